The maximum Gasteiger partial charge on any atom is 0.179 e. The quantitative estimate of drug-likeness (QED) is 0.759. The van der Waals surface area contributed by atoms with Gasteiger partial charge in [0.25, 0.3) is 0 Å². The van der Waals surface area contributed by atoms with Crippen LogP contribution in [0, 0.1) is 22.7 Å². The predicted molar refractivity (Wildman–Crippen MR) is 73.5 cm³/mol. The van der Waals surface area contributed by atoms with E-state index in [0.717, 1.165) is 44.3 Å². The normalized spacial score (nSPS) is 9.68. The Labute approximate surface area is 114 Å². The van der Waals surface area contributed by atoms with Gasteiger partial charge in [-0.3, -0.25) is 0 Å². The monoisotopic (exact) mass is 257 g/mol. The molecule has 1 heterocycles. The molecule has 1 aromatic heterocycles. The lowest BCUT2D eigenvalue weighted by Crippen LogP contribution is -2.10. The van der Waals surface area contributed by atoms with Gasteiger partial charge in [0.2, 0.25) is 0 Å². The Kier molecular flexibility index (Phi) is 6.32. The van der Waals surface area contributed by atoms with E-state index in [1.807, 2.05) is 19.1 Å². The average molecular weight is 257 g/mol. The third-order valence-electron chi connectivity index (χ3n) is 2.74. The highest BCUT2D eigenvalue weighted by Crippen LogP contribution is 2.15. The average Bonchev–Trinajstić information content (AvgIpc) is 2.44. The summed E-state index contributed by atoms with van der Waals surface area (Å²) in [6.45, 7) is 5.01. The summed E-state index contributed by atoms with van der Waals surface area (Å²) in [6.07, 6.45) is 5.06. The van der Waals surface area contributed by atoms with E-state index in [-0.39, 0.29) is 11.4 Å². The zero-order chi connectivity index (χ0) is 14.1. The molecule has 0 aliphatic rings. The second kappa shape index (κ2) is 8.05. The molecule has 0 aliphatic heterocycles. The number of unbranched alkanes of at least 4 members (excludes halogenated alkanes) is 2. The maximum atomic E-state index is 8.97. The molecular weight excluding hydrogens is 238 g/mol. The zero-order valence-corrected chi connectivity index (χ0v) is 11.5. The largest absolute Gasteiger partial charge is 0.369 e. The Balaban J connectivity index is 2.93. The maximum absolute atomic E-state index is 8.97. The van der Waals surface area contributed by atoms with Crippen molar-refractivity contribution in [2.45, 2.75) is 46.0 Å². The topological polar surface area (TPSA) is 85.4 Å². The van der Waals surface area contributed by atoms with E-state index in [1.54, 1.807) is 0 Å². The molecule has 0 unspecified atom stereocenters. The smallest absolute Gasteiger partial charge is 0.179 e. The number of aryl methyl sites for hydroxylation is 1. The van der Waals surface area contributed by atoms with E-state index < -0.39 is 0 Å². The molecule has 0 aliphatic carbocycles. The lowest BCUT2D eigenvalue weighted by molar-refractivity contribution is 0.739. The fourth-order valence-electron chi connectivity index (χ4n) is 1.76. The molecule has 0 amide bonds. The van der Waals surface area contributed by atoms with Crippen LogP contribution in [0.25, 0.3) is 0 Å². The Bertz CT molecular complexity index is 496. The SMILES string of the molecule is CCCCCNc1nc(C#N)c(C#N)nc1CCC. The van der Waals surface area contributed by atoms with Gasteiger partial charge in [-0.25, -0.2) is 9.97 Å². The van der Waals surface area contributed by atoms with Gasteiger partial charge in [-0.2, -0.15) is 10.5 Å². The molecule has 5 heteroatoms. The standard InChI is InChI=1S/C14H19N5/c1-3-5-6-8-17-14-11(7-4-2)18-12(9-15)13(10-16)19-14/h3-8H2,1-2H3,(H,17,19). The van der Waals surface area contributed by atoms with Gasteiger partial charge in [-0.05, 0) is 12.8 Å². The fourth-order valence-corrected chi connectivity index (χ4v) is 1.76. The number of nitrogens with one attached hydrogen (secondary N) is 1. The van der Waals surface area contributed by atoms with Crippen LogP contribution in [-0.4, -0.2) is 16.5 Å². The van der Waals surface area contributed by atoms with Crippen molar-refractivity contribution in [2.75, 3.05) is 11.9 Å². The van der Waals surface area contributed by atoms with Gasteiger partial charge in [-0.15, -0.1) is 0 Å². The Hall–Kier alpha value is -2.14. The van der Waals surface area contributed by atoms with Gasteiger partial charge in [0, 0.05) is 6.54 Å². The zero-order valence-electron chi connectivity index (χ0n) is 11.5. The van der Waals surface area contributed by atoms with Crippen LogP contribution in [-0.2, 0) is 6.42 Å². The van der Waals surface area contributed by atoms with Crippen LogP contribution >= 0.6 is 0 Å². The first-order valence-corrected chi connectivity index (χ1v) is 6.71. The van der Waals surface area contributed by atoms with E-state index in [1.165, 1.54) is 0 Å². The van der Waals surface area contributed by atoms with E-state index >= 15 is 0 Å². The summed E-state index contributed by atoms with van der Waals surface area (Å²) in [7, 11) is 0. The number of aromatic nitrogens is 2. The number of rotatable bonds is 7. The Morgan fingerprint density at radius 1 is 1.00 bits per heavy atom. The number of hydrogen-bond donors (Lipinski definition) is 1. The second-order valence-electron chi connectivity index (χ2n) is 4.32. The van der Waals surface area contributed by atoms with E-state index in [9.17, 15) is 0 Å². The van der Waals surface area contributed by atoms with E-state index in [4.69, 9.17) is 10.5 Å². The van der Waals surface area contributed by atoms with Crippen LogP contribution in [0.5, 0.6) is 0 Å². The van der Waals surface area contributed by atoms with E-state index in [0.29, 0.717) is 5.82 Å². The first-order chi connectivity index (χ1) is 9.26. The molecule has 0 aromatic carbocycles. The number of hydrogen-bond acceptors (Lipinski definition) is 5. The van der Waals surface area contributed by atoms with Gasteiger partial charge in [0.1, 0.15) is 18.0 Å². The van der Waals surface area contributed by atoms with Gasteiger partial charge in [0.15, 0.2) is 11.4 Å². The molecule has 19 heavy (non-hydrogen) atoms. The first-order valence-electron chi connectivity index (χ1n) is 6.71. The minimum Gasteiger partial charge on any atom is -0.369 e. The summed E-state index contributed by atoms with van der Waals surface area (Å²) >= 11 is 0. The molecule has 5 nitrogen and oxygen atoms in total. The molecule has 0 fully saturated rings. The highest BCUT2D eigenvalue weighted by Gasteiger charge is 2.12. The van der Waals surface area contributed by atoms with Crippen molar-refractivity contribution in [3.8, 4) is 12.1 Å². The summed E-state index contributed by atoms with van der Waals surface area (Å²) in [5.41, 5.74) is 0.986. The molecule has 0 bridgehead atoms. The van der Waals surface area contributed by atoms with Crippen LogP contribution in [0.15, 0.2) is 0 Å². The highest BCUT2D eigenvalue weighted by molar-refractivity contribution is 5.47. The minimum absolute atomic E-state index is 0.0975. The number of anilines is 1. The predicted octanol–water partition coefficient (Wildman–Crippen LogP) is 2.77. The van der Waals surface area contributed by atoms with Crippen molar-refractivity contribution in [3.63, 3.8) is 0 Å². The van der Waals surface area contributed by atoms with Crippen molar-refractivity contribution in [1.29, 1.82) is 10.5 Å². The van der Waals surface area contributed by atoms with Crippen molar-refractivity contribution in [2.24, 2.45) is 0 Å². The molecule has 0 radical (unpaired) electrons. The number of nitriles is 2. The Morgan fingerprint density at radius 2 is 1.68 bits per heavy atom. The van der Waals surface area contributed by atoms with E-state index in [2.05, 4.69) is 22.2 Å². The molecule has 1 rings (SSSR count). The molecule has 1 aromatic rings. The summed E-state index contributed by atoms with van der Waals surface area (Å²) in [5, 5.41) is 21.2. The third-order valence-corrected chi connectivity index (χ3v) is 2.74. The van der Waals surface area contributed by atoms with Gasteiger partial charge in [0.05, 0.1) is 5.69 Å². The highest BCUT2D eigenvalue weighted by atomic mass is 15.0. The molecular formula is C14H19N5. The number of nitrogens with zero attached hydrogens (tertiary/aromatic N) is 4. The molecule has 100 valence electrons. The summed E-state index contributed by atoms with van der Waals surface area (Å²) in [5.74, 6) is 0.647. The minimum atomic E-state index is 0.0975. The van der Waals surface area contributed by atoms with Crippen LogP contribution in [0.1, 0.15) is 56.6 Å². The lowest BCUT2D eigenvalue weighted by atomic mass is 10.2. The van der Waals surface area contributed by atoms with Crippen molar-refractivity contribution >= 4 is 5.82 Å². The molecule has 0 saturated heterocycles. The first kappa shape index (κ1) is 14.9. The van der Waals surface area contributed by atoms with Crippen LogP contribution in [0.3, 0.4) is 0 Å². The Morgan fingerprint density at radius 3 is 2.26 bits per heavy atom. The third kappa shape index (κ3) is 4.22. The van der Waals surface area contributed by atoms with Crippen molar-refractivity contribution in [1.82, 2.24) is 9.97 Å². The van der Waals surface area contributed by atoms with Crippen LogP contribution < -0.4 is 5.32 Å². The second-order valence-corrected chi connectivity index (χ2v) is 4.32. The summed E-state index contributed by atoms with van der Waals surface area (Å²) in [6, 6.07) is 3.85. The summed E-state index contributed by atoms with van der Waals surface area (Å²) < 4.78 is 0. The van der Waals surface area contributed by atoms with Gasteiger partial charge < -0.3 is 5.32 Å². The molecule has 0 atom stereocenters. The molecule has 0 spiro atoms. The summed E-state index contributed by atoms with van der Waals surface area (Å²) in [4.78, 5) is 8.46. The molecule has 0 saturated carbocycles. The fraction of sp³-hybridized carbons (Fsp3) is 0.571. The van der Waals surface area contributed by atoms with Crippen LogP contribution in [0.4, 0.5) is 5.82 Å². The van der Waals surface area contributed by atoms with Gasteiger partial charge >= 0.3 is 0 Å². The van der Waals surface area contributed by atoms with Gasteiger partial charge in [-0.1, -0.05) is 33.1 Å². The van der Waals surface area contributed by atoms with Crippen LogP contribution in [0.2, 0.25) is 0 Å². The van der Waals surface area contributed by atoms with Crippen molar-refractivity contribution in [3.05, 3.63) is 17.1 Å². The molecule has 1 N–H and O–H groups in total. The lowest BCUT2D eigenvalue weighted by Gasteiger charge is -2.10. The van der Waals surface area contributed by atoms with Crippen molar-refractivity contribution < 1.29 is 0 Å².